The van der Waals surface area contributed by atoms with Crippen LogP contribution in [0.1, 0.15) is 85.0 Å². The number of hydrogen-bond acceptors (Lipinski definition) is 0. The van der Waals surface area contributed by atoms with Crippen molar-refractivity contribution in [3.8, 4) is 0 Å². The van der Waals surface area contributed by atoms with E-state index in [4.69, 9.17) is 0 Å². The van der Waals surface area contributed by atoms with E-state index in [-0.39, 0.29) is 6.10 Å². The Bertz CT molecular complexity index is 125. The average molecular weight is 227 g/mol. The lowest BCUT2D eigenvalue weighted by molar-refractivity contribution is 0.0194. The maximum Gasteiger partial charge on any atom is 0.0958 e. The Balaban J connectivity index is 3.83. The van der Waals surface area contributed by atoms with Crippen LogP contribution in [0.5, 0.6) is 0 Å². The third-order valence-corrected chi connectivity index (χ3v) is 3.47. The highest BCUT2D eigenvalue weighted by atomic mass is 16.3. The molecule has 1 heteroatoms. The molecule has 0 aliphatic carbocycles. The van der Waals surface area contributed by atoms with Gasteiger partial charge in [-0.1, -0.05) is 65.7 Å². The standard InChI is InChI=1S/C15H31O/c1-4-7-10-13-15(16)14(11-8-5-2)12-9-6-3/h14-15H,4-13H2,1-3H3. The van der Waals surface area contributed by atoms with Gasteiger partial charge in [0.2, 0.25) is 0 Å². The second-order valence-electron chi connectivity index (χ2n) is 5.08. The van der Waals surface area contributed by atoms with Gasteiger partial charge >= 0.3 is 0 Å². The zero-order valence-electron chi connectivity index (χ0n) is 11.6. The molecule has 0 aliphatic rings. The minimum absolute atomic E-state index is 0.287. The summed E-state index contributed by atoms with van der Waals surface area (Å²) < 4.78 is 0. The second-order valence-corrected chi connectivity index (χ2v) is 5.08. The lowest BCUT2D eigenvalue weighted by Crippen LogP contribution is -2.19. The smallest absolute Gasteiger partial charge is 0.0958 e. The van der Waals surface area contributed by atoms with Gasteiger partial charge < -0.3 is 0 Å². The quantitative estimate of drug-likeness (QED) is 0.423. The Morgan fingerprint density at radius 2 is 1.19 bits per heavy atom. The molecule has 1 unspecified atom stereocenters. The topological polar surface area (TPSA) is 19.9 Å². The van der Waals surface area contributed by atoms with E-state index in [1.165, 1.54) is 38.5 Å². The number of unbranched alkanes of at least 4 members (excludes halogenated alkanes) is 4. The van der Waals surface area contributed by atoms with Crippen LogP contribution in [0.4, 0.5) is 0 Å². The van der Waals surface area contributed by atoms with Gasteiger partial charge in [0.1, 0.15) is 0 Å². The molecule has 1 atom stereocenters. The van der Waals surface area contributed by atoms with E-state index in [1.54, 1.807) is 0 Å². The molecule has 0 spiro atoms. The summed E-state index contributed by atoms with van der Waals surface area (Å²) in [5.74, 6) is 0.455. The van der Waals surface area contributed by atoms with Crippen LogP contribution in [0.3, 0.4) is 0 Å². The molecular formula is C15H31O. The Morgan fingerprint density at radius 3 is 1.62 bits per heavy atom. The van der Waals surface area contributed by atoms with E-state index in [0.717, 1.165) is 25.7 Å². The Kier molecular flexibility index (Phi) is 11.4. The van der Waals surface area contributed by atoms with Crippen molar-refractivity contribution in [3.05, 3.63) is 0 Å². The van der Waals surface area contributed by atoms with Gasteiger partial charge in [0, 0.05) is 0 Å². The van der Waals surface area contributed by atoms with E-state index in [1.807, 2.05) is 0 Å². The Morgan fingerprint density at radius 1 is 0.688 bits per heavy atom. The molecule has 0 aromatic carbocycles. The van der Waals surface area contributed by atoms with E-state index in [2.05, 4.69) is 20.8 Å². The zero-order chi connectivity index (χ0) is 12.2. The van der Waals surface area contributed by atoms with Gasteiger partial charge in [0.15, 0.2) is 0 Å². The minimum Gasteiger partial charge on any atom is -0.233 e. The molecule has 0 aliphatic heterocycles. The summed E-state index contributed by atoms with van der Waals surface area (Å²) in [4.78, 5) is 0. The first-order chi connectivity index (χ1) is 7.76. The van der Waals surface area contributed by atoms with E-state index >= 15 is 0 Å². The van der Waals surface area contributed by atoms with Crippen LogP contribution in [0.2, 0.25) is 0 Å². The molecule has 0 aromatic rings. The number of hydrogen-bond donors (Lipinski definition) is 0. The molecule has 1 radical (unpaired) electrons. The summed E-state index contributed by atoms with van der Waals surface area (Å²) in [5, 5.41) is 12.1. The Hall–Kier alpha value is -0.0400. The Labute approximate surface area is 103 Å². The monoisotopic (exact) mass is 227 g/mol. The molecule has 97 valence electrons. The van der Waals surface area contributed by atoms with Crippen molar-refractivity contribution in [1.29, 1.82) is 0 Å². The summed E-state index contributed by atoms with van der Waals surface area (Å²) in [7, 11) is 0. The summed E-state index contributed by atoms with van der Waals surface area (Å²) in [6, 6.07) is 0. The van der Waals surface area contributed by atoms with Crippen molar-refractivity contribution < 1.29 is 5.11 Å². The summed E-state index contributed by atoms with van der Waals surface area (Å²) in [6.07, 6.45) is 11.5. The molecule has 0 saturated heterocycles. The SMILES string of the molecule is CCCCCC([O])C(CCCC)CCCC. The maximum absolute atomic E-state index is 12.1. The second kappa shape index (κ2) is 11.4. The van der Waals surface area contributed by atoms with Crippen LogP contribution < -0.4 is 0 Å². The van der Waals surface area contributed by atoms with Crippen LogP contribution in [0.25, 0.3) is 0 Å². The van der Waals surface area contributed by atoms with Crippen molar-refractivity contribution in [2.75, 3.05) is 0 Å². The predicted molar refractivity (Wildman–Crippen MR) is 71.2 cm³/mol. The van der Waals surface area contributed by atoms with Crippen molar-refractivity contribution >= 4 is 0 Å². The van der Waals surface area contributed by atoms with E-state index < -0.39 is 0 Å². The lowest BCUT2D eigenvalue weighted by Gasteiger charge is -2.21. The fourth-order valence-corrected chi connectivity index (χ4v) is 2.28. The fourth-order valence-electron chi connectivity index (χ4n) is 2.28. The lowest BCUT2D eigenvalue weighted by atomic mass is 9.88. The zero-order valence-corrected chi connectivity index (χ0v) is 11.6. The van der Waals surface area contributed by atoms with Crippen molar-refractivity contribution in [2.24, 2.45) is 5.92 Å². The van der Waals surface area contributed by atoms with Gasteiger partial charge in [-0.3, -0.25) is 0 Å². The third kappa shape index (κ3) is 8.15. The molecule has 0 N–H and O–H groups in total. The molecule has 0 heterocycles. The van der Waals surface area contributed by atoms with E-state index in [0.29, 0.717) is 5.92 Å². The summed E-state index contributed by atoms with van der Waals surface area (Å²) in [6.45, 7) is 6.63. The molecule has 1 nitrogen and oxygen atoms in total. The van der Waals surface area contributed by atoms with E-state index in [9.17, 15) is 5.11 Å². The molecule has 0 bridgehead atoms. The highest BCUT2D eigenvalue weighted by molar-refractivity contribution is 4.69. The first-order valence-electron chi connectivity index (χ1n) is 7.42. The highest BCUT2D eigenvalue weighted by Crippen LogP contribution is 2.23. The average Bonchev–Trinajstić information content (AvgIpc) is 2.29. The summed E-state index contributed by atoms with van der Waals surface area (Å²) >= 11 is 0. The molecular weight excluding hydrogens is 196 g/mol. The normalized spacial score (nSPS) is 13.3. The number of rotatable bonds is 11. The van der Waals surface area contributed by atoms with Crippen LogP contribution in [-0.2, 0) is 5.11 Å². The third-order valence-electron chi connectivity index (χ3n) is 3.47. The van der Waals surface area contributed by atoms with Crippen LogP contribution in [-0.4, -0.2) is 6.10 Å². The molecule has 0 saturated carbocycles. The van der Waals surface area contributed by atoms with Gasteiger partial charge in [-0.2, -0.15) is 0 Å². The van der Waals surface area contributed by atoms with Crippen molar-refractivity contribution in [3.63, 3.8) is 0 Å². The molecule has 0 fully saturated rings. The van der Waals surface area contributed by atoms with Gasteiger partial charge in [0.25, 0.3) is 0 Å². The first kappa shape index (κ1) is 16.0. The molecule has 16 heavy (non-hydrogen) atoms. The molecule has 0 aromatic heterocycles. The largest absolute Gasteiger partial charge is 0.233 e. The molecule has 0 rings (SSSR count). The van der Waals surface area contributed by atoms with Crippen LogP contribution in [0.15, 0.2) is 0 Å². The highest BCUT2D eigenvalue weighted by Gasteiger charge is 2.19. The molecule has 0 amide bonds. The van der Waals surface area contributed by atoms with Gasteiger partial charge in [0.05, 0.1) is 6.10 Å². The minimum atomic E-state index is -0.287. The maximum atomic E-state index is 12.1. The van der Waals surface area contributed by atoms with Gasteiger partial charge in [-0.15, -0.1) is 0 Å². The fraction of sp³-hybridized carbons (Fsp3) is 1.00. The van der Waals surface area contributed by atoms with Crippen LogP contribution >= 0.6 is 0 Å². The van der Waals surface area contributed by atoms with Crippen molar-refractivity contribution in [2.45, 2.75) is 91.1 Å². The van der Waals surface area contributed by atoms with Gasteiger partial charge in [-0.25, -0.2) is 5.11 Å². The van der Waals surface area contributed by atoms with Gasteiger partial charge in [-0.05, 0) is 25.2 Å². The predicted octanol–water partition coefficient (Wildman–Crippen LogP) is 5.36. The first-order valence-corrected chi connectivity index (χ1v) is 7.42. The van der Waals surface area contributed by atoms with Crippen LogP contribution in [0, 0.1) is 5.92 Å². The summed E-state index contributed by atoms with van der Waals surface area (Å²) in [5.41, 5.74) is 0. The van der Waals surface area contributed by atoms with Crippen molar-refractivity contribution in [1.82, 2.24) is 0 Å².